The van der Waals surface area contributed by atoms with Gasteiger partial charge >= 0.3 is 0 Å². The van der Waals surface area contributed by atoms with Gasteiger partial charge in [0.15, 0.2) is 0 Å². The lowest BCUT2D eigenvalue weighted by Gasteiger charge is -2.52. The fourth-order valence-corrected chi connectivity index (χ4v) is 5.35. The monoisotopic (exact) mass is 383 g/mol. The van der Waals surface area contributed by atoms with Crippen molar-refractivity contribution in [1.29, 1.82) is 0 Å². The predicted octanol–water partition coefficient (Wildman–Crippen LogP) is 4.01. The zero-order chi connectivity index (χ0) is 19.3. The Kier molecular flexibility index (Phi) is 3.84. The van der Waals surface area contributed by atoms with Crippen LogP contribution in [0.1, 0.15) is 19.3 Å². The summed E-state index contributed by atoms with van der Waals surface area (Å²) in [5, 5.41) is 9.78. The maximum atomic E-state index is 4.51. The molecule has 0 saturated carbocycles. The van der Waals surface area contributed by atoms with Crippen LogP contribution in [0, 0.1) is 5.92 Å². The Bertz CT molecular complexity index is 1100. The number of fused-ring (bicyclic) bond motifs is 3. The highest BCUT2D eigenvalue weighted by atomic mass is 15.3. The minimum atomic E-state index is 0.215. The molecule has 0 radical (unpaired) electrons. The summed E-state index contributed by atoms with van der Waals surface area (Å²) < 4.78 is 0. The Hall–Kier alpha value is -2.92. The molecule has 3 saturated heterocycles. The van der Waals surface area contributed by atoms with E-state index in [1.165, 1.54) is 36.7 Å². The average molecular weight is 383 g/mol. The summed E-state index contributed by atoms with van der Waals surface area (Å²) in [5.74, 6) is 2.70. The van der Waals surface area contributed by atoms with Crippen molar-refractivity contribution in [3.63, 3.8) is 0 Å². The highest BCUT2D eigenvalue weighted by Crippen LogP contribution is 2.41. The van der Waals surface area contributed by atoms with Crippen molar-refractivity contribution in [2.24, 2.45) is 5.92 Å². The van der Waals surface area contributed by atoms with Crippen LogP contribution in [0.15, 0.2) is 66.8 Å². The summed E-state index contributed by atoms with van der Waals surface area (Å²) >= 11 is 0. The van der Waals surface area contributed by atoms with Crippen LogP contribution in [0.3, 0.4) is 0 Å². The van der Waals surface area contributed by atoms with Crippen LogP contribution in [0.25, 0.3) is 22.0 Å². The quantitative estimate of drug-likeness (QED) is 0.716. The second kappa shape index (κ2) is 6.56. The van der Waals surface area contributed by atoms with E-state index >= 15 is 0 Å². The molecule has 5 nitrogen and oxygen atoms in total. The molecule has 1 aromatic heterocycles. The van der Waals surface area contributed by atoms with Gasteiger partial charge in [0.1, 0.15) is 18.0 Å². The average Bonchev–Trinajstić information content (AvgIpc) is 3.16. The van der Waals surface area contributed by atoms with Crippen molar-refractivity contribution in [3.8, 4) is 11.3 Å². The van der Waals surface area contributed by atoms with Gasteiger partial charge in [0.05, 0.1) is 11.2 Å². The second-order valence-corrected chi connectivity index (χ2v) is 8.63. The SMILES string of the molecule is C1=C(Nc2cc(-c3ccc4ccccc4c3)ncn2)N[C@@]2(C1)CN1CCC2CC1. The van der Waals surface area contributed by atoms with Crippen molar-refractivity contribution in [2.45, 2.75) is 24.8 Å². The van der Waals surface area contributed by atoms with Crippen LogP contribution >= 0.6 is 0 Å². The van der Waals surface area contributed by atoms with Crippen LogP contribution in [0.2, 0.25) is 0 Å². The van der Waals surface area contributed by atoms with Crippen molar-refractivity contribution in [3.05, 3.63) is 66.8 Å². The molecule has 2 bridgehead atoms. The first-order valence-electron chi connectivity index (χ1n) is 10.6. The molecule has 2 aromatic carbocycles. The molecule has 7 rings (SSSR count). The lowest BCUT2D eigenvalue weighted by atomic mass is 9.72. The van der Waals surface area contributed by atoms with E-state index < -0.39 is 0 Å². The normalized spacial score (nSPS) is 27.8. The highest BCUT2D eigenvalue weighted by Gasteiger charge is 2.48. The van der Waals surface area contributed by atoms with Gasteiger partial charge in [-0.2, -0.15) is 0 Å². The molecular formula is C24H25N5. The van der Waals surface area contributed by atoms with Gasteiger partial charge in [-0.15, -0.1) is 0 Å². The summed E-state index contributed by atoms with van der Waals surface area (Å²) in [4.78, 5) is 11.6. The number of benzene rings is 2. The second-order valence-electron chi connectivity index (χ2n) is 8.63. The van der Waals surface area contributed by atoms with E-state index in [1.54, 1.807) is 6.33 Å². The van der Waals surface area contributed by atoms with Crippen molar-refractivity contribution in [1.82, 2.24) is 20.2 Å². The number of anilines is 1. The van der Waals surface area contributed by atoms with Crippen LogP contribution in [0.4, 0.5) is 5.82 Å². The summed E-state index contributed by atoms with van der Waals surface area (Å²) in [6.07, 6.45) is 7.67. The molecule has 0 aliphatic carbocycles. The number of nitrogens with one attached hydrogen (secondary N) is 2. The Morgan fingerprint density at radius 3 is 2.69 bits per heavy atom. The molecule has 29 heavy (non-hydrogen) atoms. The lowest BCUT2D eigenvalue weighted by molar-refractivity contribution is 0.0189. The number of aromatic nitrogens is 2. The topological polar surface area (TPSA) is 53.1 Å². The lowest BCUT2D eigenvalue weighted by Crippen LogP contribution is -2.64. The van der Waals surface area contributed by atoms with Gasteiger partial charge in [-0.1, -0.05) is 36.4 Å². The number of hydrogen-bond acceptors (Lipinski definition) is 5. The molecule has 2 N–H and O–H groups in total. The predicted molar refractivity (Wildman–Crippen MR) is 116 cm³/mol. The third kappa shape index (κ3) is 2.97. The van der Waals surface area contributed by atoms with E-state index in [0.717, 1.165) is 41.8 Å². The van der Waals surface area contributed by atoms with E-state index in [2.05, 4.69) is 74.0 Å². The van der Waals surface area contributed by atoms with E-state index in [1.807, 2.05) is 6.07 Å². The molecule has 0 unspecified atom stereocenters. The molecule has 146 valence electrons. The zero-order valence-corrected chi connectivity index (χ0v) is 16.4. The van der Waals surface area contributed by atoms with Gasteiger partial charge < -0.3 is 15.5 Å². The Labute approximate surface area is 170 Å². The molecule has 1 spiro atoms. The molecule has 3 fully saturated rings. The molecule has 5 heteroatoms. The molecule has 4 aliphatic heterocycles. The Balaban J connectivity index is 1.22. The first kappa shape index (κ1) is 17.0. The van der Waals surface area contributed by atoms with Crippen molar-refractivity contribution in [2.75, 3.05) is 25.0 Å². The number of rotatable bonds is 3. The molecule has 0 amide bonds. The van der Waals surface area contributed by atoms with Gasteiger partial charge in [0.2, 0.25) is 0 Å². The van der Waals surface area contributed by atoms with E-state index in [0.29, 0.717) is 0 Å². The van der Waals surface area contributed by atoms with Crippen LogP contribution in [-0.2, 0) is 0 Å². The summed E-state index contributed by atoms with van der Waals surface area (Å²) in [7, 11) is 0. The van der Waals surface area contributed by atoms with Crippen LogP contribution in [-0.4, -0.2) is 40.0 Å². The zero-order valence-electron chi connectivity index (χ0n) is 16.4. The number of hydrogen-bond donors (Lipinski definition) is 2. The van der Waals surface area contributed by atoms with Crippen molar-refractivity contribution < 1.29 is 0 Å². The first-order valence-corrected chi connectivity index (χ1v) is 10.6. The largest absolute Gasteiger partial charge is 0.365 e. The Morgan fingerprint density at radius 2 is 1.86 bits per heavy atom. The minimum absolute atomic E-state index is 0.215. The smallest absolute Gasteiger partial charge is 0.135 e. The van der Waals surface area contributed by atoms with Gasteiger partial charge in [-0.25, -0.2) is 9.97 Å². The molecule has 4 aliphatic rings. The molecule has 3 aromatic rings. The fourth-order valence-electron chi connectivity index (χ4n) is 5.35. The number of piperidine rings is 3. The van der Waals surface area contributed by atoms with E-state index in [4.69, 9.17) is 0 Å². The van der Waals surface area contributed by atoms with Gasteiger partial charge in [0.25, 0.3) is 0 Å². The van der Waals surface area contributed by atoms with E-state index in [9.17, 15) is 0 Å². The van der Waals surface area contributed by atoms with Crippen LogP contribution in [0.5, 0.6) is 0 Å². The third-order valence-corrected chi connectivity index (χ3v) is 6.90. The highest BCUT2D eigenvalue weighted by molar-refractivity contribution is 5.86. The van der Waals surface area contributed by atoms with Gasteiger partial charge in [-0.3, -0.25) is 0 Å². The maximum Gasteiger partial charge on any atom is 0.135 e. The van der Waals surface area contributed by atoms with Gasteiger partial charge in [-0.05, 0) is 61.2 Å². The first-order chi connectivity index (χ1) is 14.3. The summed E-state index contributed by atoms with van der Waals surface area (Å²) in [6, 6.07) is 16.9. The third-order valence-electron chi connectivity index (χ3n) is 6.90. The van der Waals surface area contributed by atoms with Crippen LogP contribution < -0.4 is 10.6 Å². The summed E-state index contributed by atoms with van der Waals surface area (Å²) in [6.45, 7) is 3.68. The van der Waals surface area contributed by atoms with Crippen molar-refractivity contribution >= 4 is 16.6 Å². The molecular weight excluding hydrogens is 358 g/mol. The Morgan fingerprint density at radius 1 is 1.00 bits per heavy atom. The molecule has 5 heterocycles. The van der Waals surface area contributed by atoms with E-state index in [-0.39, 0.29) is 5.54 Å². The minimum Gasteiger partial charge on any atom is -0.365 e. The fraction of sp³-hybridized carbons (Fsp3) is 0.333. The maximum absolute atomic E-state index is 4.51. The summed E-state index contributed by atoms with van der Waals surface area (Å²) in [5.41, 5.74) is 2.26. The standard InChI is InChI=1S/C24H25N5/c1-2-4-18-13-19(6-5-17(18)3-1)21-14-23(26-16-25-21)27-22-7-10-24(28-22)15-29-11-8-20(24)9-12-29/h1-7,13-14,16,20,28H,8-12,15H2,(H,25,26,27)/t24-/m0/s1. The van der Waals surface area contributed by atoms with Gasteiger partial charge in [0, 0.05) is 18.2 Å². The number of nitrogens with zero attached hydrogens (tertiary/aromatic N) is 3. The molecule has 1 atom stereocenters.